The van der Waals surface area contributed by atoms with Crippen molar-refractivity contribution in [1.82, 2.24) is 4.90 Å². The van der Waals surface area contributed by atoms with Gasteiger partial charge < -0.3 is 10.1 Å². The molecule has 2 aliphatic carbocycles. The predicted octanol–water partition coefficient (Wildman–Crippen LogP) is 2.94. The Bertz CT molecular complexity index is 448. The van der Waals surface area contributed by atoms with E-state index >= 15 is 0 Å². The Kier molecular flexibility index (Phi) is 4.08. The SMILES string of the molecule is C[C@H]1CC(=O)[C@]23CCCN(C)CCC[C@H]2/C(=N\O)C[C@@H]3C1. The monoisotopic (exact) mass is 292 g/mol. The maximum Gasteiger partial charge on any atom is 0.140 e. The van der Waals surface area contributed by atoms with E-state index in [1.807, 2.05) is 0 Å². The number of hydrogen-bond acceptors (Lipinski definition) is 4. The van der Waals surface area contributed by atoms with Gasteiger partial charge in [-0.05, 0) is 70.5 Å². The summed E-state index contributed by atoms with van der Waals surface area (Å²) in [6, 6.07) is 0. The lowest BCUT2D eigenvalue weighted by atomic mass is 9.58. The van der Waals surface area contributed by atoms with Gasteiger partial charge in [0.05, 0.1) is 5.71 Å². The van der Waals surface area contributed by atoms with E-state index in [2.05, 4.69) is 24.0 Å². The molecule has 4 nitrogen and oxygen atoms in total. The predicted molar refractivity (Wildman–Crippen MR) is 82.6 cm³/mol. The van der Waals surface area contributed by atoms with Crippen LogP contribution in [0.15, 0.2) is 5.16 Å². The van der Waals surface area contributed by atoms with Gasteiger partial charge in [-0.1, -0.05) is 12.1 Å². The number of ketones is 1. The van der Waals surface area contributed by atoms with E-state index in [0.717, 1.165) is 63.7 Å². The van der Waals surface area contributed by atoms with E-state index in [1.165, 1.54) is 0 Å². The van der Waals surface area contributed by atoms with Crippen molar-refractivity contribution in [2.75, 3.05) is 20.1 Å². The van der Waals surface area contributed by atoms with Gasteiger partial charge in [0, 0.05) is 17.8 Å². The molecule has 1 spiro atoms. The van der Waals surface area contributed by atoms with Crippen LogP contribution in [-0.4, -0.2) is 41.7 Å². The molecule has 0 aromatic heterocycles. The molecule has 3 fully saturated rings. The smallest absolute Gasteiger partial charge is 0.140 e. The summed E-state index contributed by atoms with van der Waals surface area (Å²) in [5, 5.41) is 13.1. The van der Waals surface area contributed by atoms with E-state index in [9.17, 15) is 10.0 Å². The Morgan fingerprint density at radius 2 is 2.05 bits per heavy atom. The fraction of sp³-hybridized carbons (Fsp3) is 0.882. The zero-order valence-corrected chi connectivity index (χ0v) is 13.3. The fourth-order valence-electron chi connectivity index (χ4n) is 5.32. The molecule has 118 valence electrons. The van der Waals surface area contributed by atoms with E-state index in [1.54, 1.807) is 0 Å². The summed E-state index contributed by atoms with van der Waals surface area (Å²) < 4.78 is 0. The van der Waals surface area contributed by atoms with E-state index in [-0.39, 0.29) is 11.3 Å². The van der Waals surface area contributed by atoms with Crippen LogP contribution in [0.1, 0.15) is 51.9 Å². The maximum absolute atomic E-state index is 13.0. The maximum atomic E-state index is 13.0. The Balaban J connectivity index is 1.97. The minimum atomic E-state index is -0.209. The Labute approximate surface area is 127 Å². The van der Waals surface area contributed by atoms with Crippen molar-refractivity contribution in [2.45, 2.75) is 51.9 Å². The second-order valence-electron chi connectivity index (χ2n) is 7.60. The summed E-state index contributed by atoms with van der Waals surface area (Å²) in [4.78, 5) is 15.4. The minimum Gasteiger partial charge on any atom is -0.411 e. The quantitative estimate of drug-likeness (QED) is 0.551. The molecule has 0 aromatic rings. The minimum absolute atomic E-state index is 0.194. The molecule has 4 heteroatoms. The van der Waals surface area contributed by atoms with Crippen molar-refractivity contribution >= 4 is 11.5 Å². The zero-order valence-electron chi connectivity index (χ0n) is 13.3. The normalized spacial score (nSPS) is 43.8. The van der Waals surface area contributed by atoms with Crippen LogP contribution in [0, 0.1) is 23.2 Å². The lowest BCUT2D eigenvalue weighted by Crippen LogP contribution is -2.46. The van der Waals surface area contributed by atoms with Gasteiger partial charge in [-0.25, -0.2) is 0 Å². The molecule has 1 heterocycles. The van der Waals surface area contributed by atoms with Crippen LogP contribution in [0.2, 0.25) is 0 Å². The highest BCUT2D eigenvalue weighted by Gasteiger charge is 2.59. The summed E-state index contributed by atoms with van der Waals surface area (Å²) in [6.45, 7) is 4.35. The van der Waals surface area contributed by atoms with Gasteiger partial charge in [0.15, 0.2) is 0 Å². The summed E-state index contributed by atoms with van der Waals surface area (Å²) in [5.41, 5.74) is 0.700. The molecule has 0 unspecified atom stereocenters. The fourth-order valence-corrected chi connectivity index (χ4v) is 5.32. The number of rotatable bonds is 0. The third-order valence-corrected chi connectivity index (χ3v) is 6.24. The van der Waals surface area contributed by atoms with Crippen molar-refractivity contribution in [1.29, 1.82) is 0 Å². The summed E-state index contributed by atoms with van der Waals surface area (Å²) in [6.07, 6.45) is 6.85. The number of carbonyl (C=O) groups is 1. The molecule has 1 saturated heterocycles. The highest BCUT2D eigenvalue weighted by atomic mass is 16.4. The van der Waals surface area contributed by atoms with Crippen LogP contribution < -0.4 is 0 Å². The molecule has 21 heavy (non-hydrogen) atoms. The standard InChI is InChI=1S/C17H28N2O2/c1-12-9-13-11-15(18-21)14-5-3-7-19(2)8-4-6-17(13,14)16(20)10-12/h12-14,21H,3-11H2,1-2H3/b18-15-/t12-,13+,14+,17+/m1/s1. The number of Topliss-reactive ketones (excluding diaryl/α,β-unsaturated/α-hetero) is 1. The molecular weight excluding hydrogens is 264 g/mol. The Morgan fingerprint density at radius 3 is 2.81 bits per heavy atom. The molecule has 3 rings (SSSR count). The van der Waals surface area contributed by atoms with Crippen LogP contribution in [0.25, 0.3) is 0 Å². The lowest BCUT2D eigenvalue weighted by molar-refractivity contribution is -0.139. The van der Waals surface area contributed by atoms with Crippen LogP contribution >= 0.6 is 0 Å². The van der Waals surface area contributed by atoms with Crippen molar-refractivity contribution < 1.29 is 10.0 Å². The lowest BCUT2D eigenvalue weighted by Gasteiger charge is -2.43. The summed E-state index contributed by atoms with van der Waals surface area (Å²) in [5.74, 6) is 1.55. The van der Waals surface area contributed by atoms with Crippen molar-refractivity contribution in [3.63, 3.8) is 0 Å². The van der Waals surface area contributed by atoms with Gasteiger partial charge in [-0.2, -0.15) is 0 Å². The number of hydrogen-bond donors (Lipinski definition) is 1. The first kappa shape index (κ1) is 15.0. The average molecular weight is 292 g/mol. The van der Waals surface area contributed by atoms with Gasteiger partial charge in [0.25, 0.3) is 0 Å². The highest BCUT2D eigenvalue weighted by Crippen LogP contribution is 2.57. The largest absolute Gasteiger partial charge is 0.411 e. The molecule has 3 aliphatic rings. The third-order valence-electron chi connectivity index (χ3n) is 6.24. The molecular formula is C17H28N2O2. The molecule has 0 bridgehead atoms. The Hall–Kier alpha value is -0.900. The van der Waals surface area contributed by atoms with E-state index in [0.29, 0.717) is 17.6 Å². The van der Waals surface area contributed by atoms with E-state index in [4.69, 9.17) is 0 Å². The molecule has 1 N–H and O–H groups in total. The second kappa shape index (κ2) is 5.71. The average Bonchev–Trinajstić information content (AvgIpc) is 2.76. The zero-order chi connectivity index (χ0) is 15.0. The molecule has 0 amide bonds. The van der Waals surface area contributed by atoms with E-state index < -0.39 is 0 Å². The van der Waals surface area contributed by atoms with Crippen LogP contribution in [0.4, 0.5) is 0 Å². The number of nitrogens with zero attached hydrogens (tertiary/aromatic N) is 2. The first-order valence-corrected chi connectivity index (χ1v) is 8.50. The second-order valence-corrected chi connectivity index (χ2v) is 7.60. The van der Waals surface area contributed by atoms with Crippen molar-refractivity contribution in [2.24, 2.45) is 28.3 Å². The van der Waals surface area contributed by atoms with Crippen molar-refractivity contribution in [3.8, 4) is 0 Å². The van der Waals surface area contributed by atoms with Crippen LogP contribution in [-0.2, 0) is 4.79 Å². The number of carbonyl (C=O) groups excluding carboxylic acids is 1. The van der Waals surface area contributed by atoms with Gasteiger partial charge in [0.2, 0.25) is 0 Å². The first-order valence-electron chi connectivity index (χ1n) is 8.50. The first-order chi connectivity index (χ1) is 10.1. The van der Waals surface area contributed by atoms with Gasteiger partial charge in [-0.15, -0.1) is 0 Å². The molecule has 0 aromatic carbocycles. The third kappa shape index (κ3) is 2.41. The summed E-state index contributed by atoms with van der Waals surface area (Å²) >= 11 is 0. The topological polar surface area (TPSA) is 52.9 Å². The van der Waals surface area contributed by atoms with Crippen molar-refractivity contribution in [3.05, 3.63) is 0 Å². The van der Waals surface area contributed by atoms with Gasteiger partial charge in [-0.3, -0.25) is 4.79 Å². The van der Waals surface area contributed by atoms with Crippen LogP contribution in [0.5, 0.6) is 0 Å². The summed E-state index contributed by atoms with van der Waals surface area (Å²) in [7, 11) is 2.17. The van der Waals surface area contributed by atoms with Gasteiger partial charge >= 0.3 is 0 Å². The molecule has 1 aliphatic heterocycles. The van der Waals surface area contributed by atoms with Crippen LogP contribution in [0.3, 0.4) is 0 Å². The Morgan fingerprint density at radius 1 is 1.29 bits per heavy atom. The molecule has 4 atom stereocenters. The molecule has 2 saturated carbocycles. The highest BCUT2D eigenvalue weighted by molar-refractivity contribution is 5.99. The molecule has 0 radical (unpaired) electrons. The van der Waals surface area contributed by atoms with Gasteiger partial charge in [0.1, 0.15) is 5.78 Å². The number of oxime groups is 1.